The number of nitrogens with one attached hydrogen (secondary N) is 2. The molecule has 0 amide bonds. The van der Waals surface area contributed by atoms with E-state index in [-0.39, 0.29) is 28.7 Å². The number of pyridine rings is 2. The van der Waals surface area contributed by atoms with Gasteiger partial charge in [0, 0.05) is 30.8 Å². The highest BCUT2D eigenvalue weighted by Gasteiger charge is 2.22. The number of benzene rings is 1. The zero-order chi connectivity index (χ0) is 22.7. The zero-order valence-electron chi connectivity index (χ0n) is 17.6. The van der Waals surface area contributed by atoms with Crippen molar-refractivity contribution in [1.29, 1.82) is 0 Å². The molecule has 1 fully saturated rings. The minimum atomic E-state index is -1.10. The first-order valence-electron chi connectivity index (χ1n) is 10.5. The van der Waals surface area contributed by atoms with Gasteiger partial charge in [0.25, 0.3) is 0 Å². The number of carboxylic acid groups (broad SMARTS) is 1. The first kappa shape index (κ1) is 22.2. The molecule has 0 bridgehead atoms. The van der Waals surface area contributed by atoms with Crippen LogP contribution < -0.4 is 15.4 Å². The predicted molar refractivity (Wildman–Crippen MR) is 121 cm³/mol. The zero-order valence-corrected chi connectivity index (χ0v) is 18.3. The number of fused-ring (bicyclic) bond motifs is 1. The molecule has 3 heterocycles. The number of carbonyl (C=O) groups is 1. The average molecular weight is 459 g/mol. The molecule has 3 aromatic rings. The molecule has 2 atom stereocenters. The molecule has 2 aromatic heterocycles. The molecular weight excluding hydrogens is 435 g/mol. The van der Waals surface area contributed by atoms with Gasteiger partial charge in [-0.3, -0.25) is 4.98 Å². The van der Waals surface area contributed by atoms with Gasteiger partial charge in [0.05, 0.1) is 17.3 Å². The van der Waals surface area contributed by atoms with E-state index in [2.05, 4.69) is 20.6 Å². The Morgan fingerprint density at radius 2 is 2.25 bits per heavy atom. The average Bonchev–Trinajstić information content (AvgIpc) is 3.29. The highest BCUT2D eigenvalue weighted by molar-refractivity contribution is 6.29. The number of anilines is 1. The van der Waals surface area contributed by atoms with Crippen molar-refractivity contribution in [3.05, 3.63) is 58.6 Å². The second-order valence-electron chi connectivity index (χ2n) is 7.83. The van der Waals surface area contributed by atoms with Gasteiger partial charge in [0.1, 0.15) is 27.8 Å². The Morgan fingerprint density at radius 1 is 1.41 bits per heavy atom. The van der Waals surface area contributed by atoms with E-state index in [9.17, 15) is 14.3 Å². The second-order valence-corrected chi connectivity index (χ2v) is 8.22. The third-order valence-electron chi connectivity index (χ3n) is 5.50. The highest BCUT2D eigenvalue weighted by atomic mass is 35.5. The lowest BCUT2D eigenvalue weighted by atomic mass is 10.0. The Morgan fingerprint density at radius 3 is 3.00 bits per heavy atom. The molecule has 1 aliphatic heterocycles. The maximum Gasteiger partial charge on any atom is 0.339 e. The van der Waals surface area contributed by atoms with E-state index < -0.39 is 5.97 Å². The van der Waals surface area contributed by atoms with Gasteiger partial charge in [-0.1, -0.05) is 11.6 Å². The lowest BCUT2D eigenvalue weighted by Gasteiger charge is -2.21. The quantitative estimate of drug-likeness (QED) is 0.416. The van der Waals surface area contributed by atoms with E-state index in [4.69, 9.17) is 16.3 Å². The fraction of sp³-hybridized carbons (Fsp3) is 0.348. The maximum absolute atomic E-state index is 13.8. The Balaban J connectivity index is 1.46. The van der Waals surface area contributed by atoms with Crippen LogP contribution in [0.3, 0.4) is 0 Å². The fourth-order valence-electron chi connectivity index (χ4n) is 3.91. The van der Waals surface area contributed by atoms with Crippen LogP contribution in [0.5, 0.6) is 5.75 Å². The van der Waals surface area contributed by atoms with Crippen LogP contribution in [0.15, 0.2) is 36.5 Å². The van der Waals surface area contributed by atoms with Crippen molar-refractivity contribution in [2.75, 3.05) is 18.4 Å². The van der Waals surface area contributed by atoms with Gasteiger partial charge in [-0.15, -0.1) is 0 Å². The number of halogens is 2. The summed E-state index contributed by atoms with van der Waals surface area (Å²) in [7, 11) is 0. The summed E-state index contributed by atoms with van der Waals surface area (Å²) >= 11 is 6.01. The van der Waals surface area contributed by atoms with Crippen molar-refractivity contribution < 1.29 is 19.0 Å². The monoisotopic (exact) mass is 458 g/mol. The normalized spacial score (nSPS) is 16.8. The second kappa shape index (κ2) is 9.67. The summed E-state index contributed by atoms with van der Waals surface area (Å²) in [5.41, 5.74) is 2.17. The number of rotatable bonds is 8. The van der Waals surface area contributed by atoms with Gasteiger partial charge >= 0.3 is 5.97 Å². The molecule has 4 rings (SSSR count). The topological polar surface area (TPSA) is 96.4 Å². The van der Waals surface area contributed by atoms with Crippen molar-refractivity contribution >= 4 is 34.3 Å². The smallest absolute Gasteiger partial charge is 0.339 e. The number of hydrogen-bond donors (Lipinski definition) is 3. The van der Waals surface area contributed by atoms with E-state index in [1.807, 2.05) is 6.92 Å². The molecule has 0 saturated carbocycles. The van der Waals surface area contributed by atoms with Crippen molar-refractivity contribution in [3.8, 4) is 5.75 Å². The third kappa shape index (κ3) is 4.92. The third-order valence-corrected chi connectivity index (χ3v) is 5.71. The lowest BCUT2D eigenvalue weighted by Crippen LogP contribution is -2.20. The molecule has 32 heavy (non-hydrogen) atoms. The largest absolute Gasteiger partial charge is 0.490 e. The van der Waals surface area contributed by atoms with Gasteiger partial charge in [-0.25, -0.2) is 14.2 Å². The summed E-state index contributed by atoms with van der Waals surface area (Å²) in [5, 5.41) is 16.4. The standard InChI is InChI=1S/C23H24ClFN4O3/c1-13(32-19-6-4-14(25)11-15(19)17-3-2-9-26-17)8-10-27-21-16(23(30)31)12-28-18-5-7-20(24)29-22(18)21/h4-7,11-13,17,26H,2-3,8-10H2,1H3,(H,27,28)(H,30,31). The number of hydrogen-bond acceptors (Lipinski definition) is 6. The van der Waals surface area contributed by atoms with Gasteiger partial charge in [-0.2, -0.15) is 0 Å². The van der Waals surface area contributed by atoms with E-state index >= 15 is 0 Å². The number of ether oxygens (including phenoxy) is 1. The Kier molecular flexibility index (Phi) is 6.72. The predicted octanol–water partition coefficient (Wildman–Crippen LogP) is 4.81. The van der Waals surface area contributed by atoms with Crippen LogP contribution in [0.2, 0.25) is 5.15 Å². The molecule has 9 heteroatoms. The summed E-state index contributed by atoms with van der Waals surface area (Å²) in [6.07, 6.45) is 3.69. The first-order chi connectivity index (χ1) is 15.4. The van der Waals surface area contributed by atoms with Crippen molar-refractivity contribution in [2.24, 2.45) is 0 Å². The highest BCUT2D eigenvalue weighted by Crippen LogP contribution is 2.32. The summed E-state index contributed by atoms with van der Waals surface area (Å²) in [6.45, 7) is 3.27. The van der Waals surface area contributed by atoms with Gasteiger partial charge in [0.2, 0.25) is 0 Å². The minimum Gasteiger partial charge on any atom is -0.490 e. The molecular formula is C23H24ClFN4O3. The minimum absolute atomic E-state index is 0.0222. The van der Waals surface area contributed by atoms with Crippen LogP contribution in [0.4, 0.5) is 10.1 Å². The summed E-state index contributed by atoms with van der Waals surface area (Å²) < 4.78 is 19.9. The maximum atomic E-state index is 13.8. The number of nitrogens with zero attached hydrogens (tertiary/aromatic N) is 2. The van der Waals surface area contributed by atoms with E-state index in [1.54, 1.807) is 18.2 Å². The van der Waals surface area contributed by atoms with Gasteiger partial charge in [-0.05, 0) is 56.6 Å². The Hall–Kier alpha value is -2.97. The van der Waals surface area contributed by atoms with Crippen molar-refractivity contribution in [2.45, 2.75) is 38.3 Å². The van der Waals surface area contributed by atoms with Crippen molar-refractivity contribution in [1.82, 2.24) is 15.3 Å². The fourth-order valence-corrected chi connectivity index (χ4v) is 4.06. The molecule has 1 saturated heterocycles. The summed E-state index contributed by atoms with van der Waals surface area (Å²) in [4.78, 5) is 20.1. The summed E-state index contributed by atoms with van der Waals surface area (Å²) in [6, 6.07) is 7.98. The Bertz CT molecular complexity index is 1140. The molecule has 3 N–H and O–H groups in total. The van der Waals surface area contributed by atoms with Crippen LogP contribution in [-0.4, -0.2) is 40.2 Å². The summed E-state index contributed by atoms with van der Waals surface area (Å²) in [5.74, 6) is -0.729. The van der Waals surface area contributed by atoms with Crippen LogP contribution in [0.25, 0.3) is 11.0 Å². The van der Waals surface area contributed by atoms with Gasteiger partial charge in [0.15, 0.2) is 0 Å². The van der Waals surface area contributed by atoms with Gasteiger partial charge < -0.3 is 20.5 Å². The molecule has 7 nitrogen and oxygen atoms in total. The van der Waals surface area contributed by atoms with Crippen molar-refractivity contribution in [3.63, 3.8) is 0 Å². The SMILES string of the molecule is CC(CCNc1c(C(=O)O)cnc2ccc(Cl)nc12)Oc1ccc(F)cc1C1CCCN1. The van der Waals surface area contributed by atoms with E-state index in [0.29, 0.717) is 35.4 Å². The number of aromatic carboxylic acids is 1. The molecule has 0 radical (unpaired) electrons. The number of carboxylic acids is 1. The van der Waals surface area contributed by atoms with E-state index in [1.165, 1.54) is 18.3 Å². The molecule has 1 aromatic carbocycles. The van der Waals surface area contributed by atoms with Crippen LogP contribution in [0.1, 0.15) is 48.1 Å². The lowest BCUT2D eigenvalue weighted by molar-refractivity contribution is 0.0697. The van der Waals surface area contributed by atoms with Crippen LogP contribution in [0, 0.1) is 5.82 Å². The van der Waals surface area contributed by atoms with Crippen LogP contribution in [-0.2, 0) is 0 Å². The first-order valence-corrected chi connectivity index (χ1v) is 10.9. The molecule has 168 valence electrons. The van der Waals surface area contributed by atoms with E-state index in [0.717, 1.165) is 24.9 Å². The molecule has 1 aliphatic rings. The Labute approximate surface area is 190 Å². The molecule has 2 unspecified atom stereocenters. The molecule has 0 spiro atoms. The number of aromatic nitrogens is 2. The van der Waals surface area contributed by atoms with Crippen LogP contribution >= 0.6 is 11.6 Å². The molecule has 0 aliphatic carbocycles.